The van der Waals surface area contributed by atoms with Crippen LogP contribution in [0.25, 0.3) is 0 Å². The van der Waals surface area contributed by atoms with Crippen molar-refractivity contribution in [3.05, 3.63) is 0 Å². The summed E-state index contributed by atoms with van der Waals surface area (Å²) in [5, 5.41) is 8.41. The number of amides is 1. The minimum atomic E-state index is 0.241. The van der Waals surface area contributed by atoms with Crippen LogP contribution in [0.5, 0.6) is 0 Å². The summed E-state index contributed by atoms with van der Waals surface area (Å²) in [4.78, 5) is 13.5. The number of nitriles is 1. The van der Waals surface area contributed by atoms with Gasteiger partial charge >= 0.3 is 0 Å². The van der Waals surface area contributed by atoms with Gasteiger partial charge in [-0.2, -0.15) is 5.26 Å². The number of hydrogen-bond donors (Lipinski definition) is 0. The second-order valence-corrected chi connectivity index (χ2v) is 3.65. The summed E-state index contributed by atoms with van der Waals surface area (Å²) in [7, 11) is 0. The molecule has 2 atom stereocenters. The molecule has 0 aromatic carbocycles. The third-order valence-electron chi connectivity index (χ3n) is 2.61. The second kappa shape index (κ2) is 4.27. The van der Waals surface area contributed by atoms with Crippen molar-refractivity contribution in [2.75, 3.05) is 13.1 Å². The lowest BCUT2D eigenvalue weighted by molar-refractivity contribution is -0.132. The molecule has 0 aliphatic heterocycles. The van der Waals surface area contributed by atoms with E-state index in [0.29, 0.717) is 18.9 Å². The van der Waals surface area contributed by atoms with Gasteiger partial charge in [0.05, 0.1) is 12.5 Å². The largest absolute Gasteiger partial charge is 0.342 e. The molecule has 3 nitrogen and oxygen atoms in total. The van der Waals surface area contributed by atoms with Crippen LogP contribution in [0.3, 0.4) is 0 Å². The molecule has 1 rings (SSSR count). The van der Waals surface area contributed by atoms with E-state index in [-0.39, 0.29) is 11.8 Å². The first-order valence-corrected chi connectivity index (χ1v) is 4.86. The number of hydrogen-bond acceptors (Lipinski definition) is 2. The second-order valence-electron chi connectivity index (χ2n) is 3.65. The van der Waals surface area contributed by atoms with Crippen LogP contribution in [0, 0.1) is 23.2 Å². The van der Waals surface area contributed by atoms with Crippen LogP contribution in [-0.2, 0) is 4.79 Å². The van der Waals surface area contributed by atoms with Crippen LogP contribution in [0.2, 0.25) is 0 Å². The maximum atomic E-state index is 11.7. The first kappa shape index (κ1) is 10.0. The molecule has 0 N–H and O–H groups in total. The molecule has 72 valence electrons. The van der Waals surface area contributed by atoms with Gasteiger partial charge in [-0.3, -0.25) is 4.79 Å². The van der Waals surface area contributed by atoms with Gasteiger partial charge in [0.15, 0.2) is 0 Å². The highest BCUT2D eigenvalue weighted by molar-refractivity contribution is 5.81. The van der Waals surface area contributed by atoms with Gasteiger partial charge in [-0.1, -0.05) is 6.92 Å². The van der Waals surface area contributed by atoms with Gasteiger partial charge in [0, 0.05) is 19.0 Å². The first-order chi connectivity index (χ1) is 6.20. The summed E-state index contributed by atoms with van der Waals surface area (Å²) in [6.45, 7) is 5.38. The molecular weight excluding hydrogens is 164 g/mol. The van der Waals surface area contributed by atoms with E-state index < -0.39 is 0 Å². The Bertz CT molecular complexity index is 232. The molecule has 0 radical (unpaired) electrons. The Balaban J connectivity index is 2.38. The third-order valence-corrected chi connectivity index (χ3v) is 2.61. The Morgan fingerprint density at radius 2 is 2.31 bits per heavy atom. The van der Waals surface area contributed by atoms with Gasteiger partial charge in [-0.05, 0) is 19.3 Å². The number of carbonyl (C=O) groups excluding carboxylic acids is 1. The quantitative estimate of drug-likeness (QED) is 0.656. The summed E-state index contributed by atoms with van der Waals surface area (Å²) < 4.78 is 0. The maximum absolute atomic E-state index is 11.7. The lowest BCUT2D eigenvalue weighted by Gasteiger charge is -2.19. The van der Waals surface area contributed by atoms with Crippen molar-refractivity contribution in [3.8, 4) is 6.07 Å². The normalized spacial score (nSPS) is 25.0. The van der Waals surface area contributed by atoms with Crippen molar-refractivity contribution in [2.24, 2.45) is 11.8 Å². The molecule has 0 aromatic rings. The van der Waals surface area contributed by atoms with Gasteiger partial charge in [-0.15, -0.1) is 0 Å². The van der Waals surface area contributed by atoms with Crippen LogP contribution in [-0.4, -0.2) is 23.9 Å². The highest BCUT2D eigenvalue weighted by Crippen LogP contribution is 2.39. The van der Waals surface area contributed by atoms with E-state index in [9.17, 15) is 4.79 Å². The average Bonchev–Trinajstić information content (AvgIpc) is 2.84. The topological polar surface area (TPSA) is 44.1 Å². The minimum absolute atomic E-state index is 0.241. The van der Waals surface area contributed by atoms with E-state index in [4.69, 9.17) is 5.26 Å². The smallest absolute Gasteiger partial charge is 0.225 e. The fourth-order valence-electron chi connectivity index (χ4n) is 1.51. The van der Waals surface area contributed by atoms with E-state index >= 15 is 0 Å². The molecular formula is C10H16N2O. The lowest BCUT2D eigenvalue weighted by Crippen LogP contribution is -2.33. The zero-order chi connectivity index (χ0) is 9.84. The van der Waals surface area contributed by atoms with Crippen LogP contribution >= 0.6 is 0 Å². The summed E-state index contributed by atoms with van der Waals surface area (Å²) in [6, 6.07) is 2.06. The zero-order valence-corrected chi connectivity index (χ0v) is 8.29. The lowest BCUT2D eigenvalue weighted by atomic mass is 10.3. The van der Waals surface area contributed by atoms with E-state index in [0.717, 1.165) is 13.0 Å². The van der Waals surface area contributed by atoms with Crippen molar-refractivity contribution in [3.63, 3.8) is 0 Å². The molecule has 0 spiro atoms. The molecule has 1 fully saturated rings. The molecule has 0 aromatic heterocycles. The van der Waals surface area contributed by atoms with Crippen LogP contribution in [0.4, 0.5) is 0 Å². The average molecular weight is 180 g/mol. The van der Waals surface area contributed by atoms with Gasteiger partial charge in [-0.25, -0.2) is 0 Å². The summed E-state index contributed by atoms with van der Waals surface area (Å²) in [6.07, 6.45) is 1.47. The molecule has 0 bridgehead atoms. The predicted octanol–water partition coefficient (Wildman–Crippen LogP) is 1.40. The van der Waals surface area contributed by atoms with Crippen LogP contribution in [0.15, 0.2) is 0 Å². The van der Waals surface area contributed by atoms with E-state index in [2.05, 4.69) is 13.0 Å². The Labute approximate surface area is 79.3 Å². The molecule has 13 heavy (non-hydrogen) atoms. The molecule has 1 saturated carbocycles. The monoisotopic (exact) mass is 180 g/mol. The van der Waals surface area contributed by atoms with Gasteiger partial charge in [0.2, 0.25) is 5.91 Å². The molecule has 1 amide bonds. The van der Waals surface area contributed by atoms with E-state index in [1.165, 1.54) is 0 Å². The Hall–Kier alpha value is -1.04. The van der Waals surface area contributed by atoms with Crippen LogP contribution in [0.1, 0.15) is 26.7 Å². The highest BCUT2D eigenvalue weighted by Gasteiger charge is 2.40. The number of nitrogens with zero attached hydrogens (tertiary/aromatic N) is 2. The van der Waals surface area contributed by atoms with E-state index in [1.54, 1.807) is 4.90 Å². The van der Waals surface area contributed by atoms with E-state index in [1.807, 2.05) is 6.92 Å². The van der Waals surface area contributed by atoms with Crippen molar-refractivity contribution in [2.45, 2.75) is 26.7 Å². The van der Waals surface area contributed by atoms with Crippen molar-refractivity contribution in [1.29, 1.82) is 5.26 Å². The van der Waals surface area contributed by atoms with Crippen LogP contribution < -0.4 is 0 Å². The standard InChI is InChI=1S/C10H16N2O/c1-3-12(6-4-5-11)10(13)9-7-8(9)2/h8-9H,3-4,6-7H2,1-2H3. The maximum Gasteiger partial charge on any atom is 0.225 e. The third kappa shape index (κ3) is 2.45. The summed E-state index contributed by atoms with van der Waals surface area (Å²) >= 11 is 0. The van der Waals surface area contributed by atoms with Crippen molar-refractivity contribution >= 4 is 5.91 Å². The van der Waals surface area contributed by atoms with Gasteiger partial charge in [0.25, 0.3) is 0 Å². The minimum Gasteiger partial charge on any atom is -0.342 e. The molecule has 1 aliphatic carbocycles. The Morgan fingerprint density at radius 3 is 2.69 bits per heavy atom. The number of rotatable bonds is 4. The van der Waals surface area contributed by atoms with Crippen molar-refractivity contribution < 1.29 is 4.79 Å². The fraction of sp³-hybridized carbons (Fsp3) is 0.800. The SMILES string of the molecule is CCN(CCC#N)C(=O)C1CC1C. The van der Waals surface area contributed by atoms with Gasteiger partial charge < -0.3 is 4.90 Å². The Kier molecular flexibility index (Phi) is 3.30. The number of carbonyl (C=O) groups is 1. The Morgan fingerprint density at radius 1 is 1.69 bits per heavy atom. The van der Waals surface area contributed by atoms with Crippen molar-refractivity contribution in [1.82, 2.24) is 4.90 Å². The molecule has 3 heteroatoms. The first-order valence-electron chi connectivity index (χ1n) is 4.86. The van der Waals surface area contributed by atoms with Gasteiger partial charge in [0.1, 0.15) is 0 Å². The molecule has 0 saturated heterocycles. The highest BCUT2D eigenvalue weighted by atomic mass is 16.2. The fourth-order valence-corrected chi connectivity index (χ4v) is 1.51. The zero-order valence-electron chi connectivity index (χ0n) is 8.29. The molecule has 0 heterocycles. The molecule has 1 aliphatic rings. The summed E-state index contributed by atoms with van der Waals surface area (Å²) in [5.74, 6) is 1.05. The molecule has 2 unspecified atom stereocenters. The summed E-state index contributed by atoms with van der Waals surface area (Å²) in [5.41, 5.74) is 0. The predicted molar refractivity (Wildman–Crippen MR) is 49.8 cm³/mol.